The number of nitrogens with one attached hydrogen (secondary N) is 2. The molecule has 2 aromatic rings. The van der Waals surface area contributed by atoms with Crippen LogP contribution in [-0.4, -0.2) is 40.8 Å². The van der Waals surface area contributed by atoms with Crippen molar-refractivity contribution < 1.29 is 9.59 Å². The zero-order chi connectivity index (χ0) is 19.0. The number of aromatic nitrogens is 1. The van der Waals surface area contributed by atoms with E-state index >= 15 is 0 Å². The number of allylic oxidation sites excluding steroid dienone is 2. The van der Waals surface area contributed by atoms with E-state index in [4.69, 9.17) is 0 Å². The molecule has 2 N–H and O–H groups in total. The minimum atomic E-state index is -0.0497. The van der Waals surface area contributed by atoms with Gasteiger partial charge in [0.1, 0.15) is 5.69 Å². The molecule has 0 radical (unpaired) electrons. The molecule has 2 amide bonds. The number of amides is 2. The maximum atomic E-state index is 13.4. The van der Waals surface area contributed by atoms with Gasteiger partial charge in [-0.2, -0.15) is 0 Å². The molecule has 3 atom stereocenters. The second-order valence-corrected chi connectivity index (χ2v) is 8.00. The van der Waals surface area contributed by atoms with Crippen LogP contribution in [0.5, 0.6) is 0 Å². The fourth-order valence-electron chi connectivity index (χ4n) is 4.64. The molecule has 1 fully saturated rings. The van der Waals surface area contributed by atoms with Crippen molar-refractivity contribution in [1.29, 1.82) is 0 Å². The Morgan fingerprint density at radius 1 is 1.19 bits per heavy atom. The van der Waals surface area contributed by atoms with E-state index < -0.39 is 0 Å². The van der Waals surface area contributed by atoms with Crippen molar-refractivity contribution in [1.82, 2.24) is 15.2 Å². The van der Waals surface area contributed by atoms with E-state index in [0.29, 0.717) is 24.0 Å². The number of fused-ring (bicyclic) bond motifs is 2. The van der Waals surface area contributed by atoms with Gasteiger partial charge in [-0.15, -0.1) is 0 Å². The summed E-state index contributed by atoms with van der Waals surface area (Å²) in [5.74, 6) is 1.21. The van der Waals surface area contributed by atoms with Crippen LogP contribution in [0.4, 0.5) is 0 Å². The van der Waals surface area contributed by atoms with E-state index in [9.17, 15) is 9.59 Å². The van der Waals surface area contributed by atoms with Gasteiger partial charge in [-0.25, -0.2) is 0 Å². The third-order valence-corrected chi connectivity index (χ3v) is 5.90. The second kappa shape index (κ2) is 7.22. The van der Waals surface area contributed by atoms with Gasteiger partial charge in [-0.3, -0.25) is 9.59 Å². The Balaban J connectivity index is 1.63. The molecule has 5 nitrogen and oxygen atoms in total. The lowest BCUT2D eigenvalue weighted by molar-refractivity contribution is -0.119. The van der Waals surface area contributed by atoms with Crippen LogP contribution in [0.1, 0.15) is 42.7 Å². The summed E-state index contributed by atoms with van der Waals surface area (Å²) >= 11 is 0. The molecule has 0 unspecified atom stereocenters. The molecule has 2 heterocycles. The monoisotopic (exact) mass is 365 g/mol. The van der Waals surface area contributed by atoms with E-state index in [1.54, 1.807) is 0 Å². The summed E-state index contributed by atoms with van der Waals surface area (Å²) in [5.41, 5.74) is 2.66. The third kappa shape index (κ3) is 3.51. The highest BCUT2D eigenvalue weighted by Crippen LogP contribution is 2.34. The molecule has 1 aliphatic carbocycles. The highest BCUT2D eigenvalue weighted by Gasteiger charge is 2.36. The summed E-state index contributed by atoms with van der Waals surface area (Å²) in [4.78, 5) is 30.2. The van der Waals surface area contributed by atoms with Crippen LogP contribution in [-0.2, 0) is 11.2 Å². The maximum Gasteiger partial charge on any atom is 0.270 e. The average molecular weight is 365 g/mol. The van der Waals surface area contributed by atoms with Crippen LogP contribution < -0.4 is 5.32 Å². The topological polar surface area (TPSA) is 65.2 Å². The summed E-state index contributed by atoms with van der Waals surface area (Å²) < 4.78 is 0. The first-order chi connectivity index (χ1) is 13.0. The number of likely N-dealkylation sites (tertiary alicyclic amines) is 1. The van der Waals surface area contributed by atoms with Gasteiger partial charge >= 0.3 is 0 Å². The standard InChI is InChI=1S/C22H27N3O2/c1-14(23-15(2)26)11-19-18-9-5-6-10-20(18)24-21(19)22(27)25-12-16-7-3-4-8-17(16)13-25/h3-6,9-10,14,16-17,24H,7-8,11-13H2,1-2H3,(H,23,26)/t14-,16-,17+/m0/s1. The molecule has 27 heavy (non-hydrogen) atoms. The molecule has 4 rings (SSSR count). The van der Waals surface area contributed by atoms with Gasteiger partial charge in [-0.1, -0.05) is 30.4 Å². The Labute approximate surface area is 159 Å². The van der Waals surface area contributed by atoms with Gasteiger partial charge in [0.05, 0.1) is 0 Å². The number of carbonyl (C=O) groups is 2. The number of benzene rings is 1. The van der Waals surface area contributed by atoms with Crippen LogP contribution in [0.2, 0.25) is 0 Å². The molecule has 0 bridgehead atoms. The minimum Gasteiger partial charge on any atom is -0.354 e. The van der Waals surface area contributed by atoms with E-state index in [0.717, 1.165) is 42.4 Å². The Kier molecular flexibility index (Phi) is 4.77. The van der Waals surface area contributed by atoms with Gasteiger partial charge in [0.25, 0.3) is 5.91 Å². The number of carbonyl (C=O) groups excluding carboxylic acids is 2. The quantitative estimate of drug-likeness (QED) is 0.817. The number of nitrogens with zero attached hydrogens (tertiary/aromatic N) is 1. The van der Waals surface area contributed by atoms with Crippen molar-refractivity contribution in [2.75, 3.05) is 13.1 Å². The minimum absolute atomic E-state index is 0.0291. The first-order valence-corrected chi connectivity index (χ1v) is 9.84. The molecule has 1 saturated heterocycles. The fourth-order valence-corrected chi connectivity index (χ4v) is 4.64. The highest BCUT2D eigenvalue weighted by molar-refractivity contribution is 6.01. The largest absolute Gasteiger partial charge is 0.354 e. The number of para-hydroxylation sites is 1. The number of aromatic amines is 1. The normalized spacial score (nSPS) is 22.7. The number of H-pyrrole nitrogens is 1. The summed E-state index contributed by atoms with van der Waals surface area (Å²) in [6, 6.07) is 7.99. The molecular formula is C22H27N3O2. The molecule has 1 aliphatic heterocycles. The molecule has 0 saturated carbocycles. The van der Waals surface area contributed by atoms with Crippen molar-refractivity contribution >= 4 is 22.7 Å². The summed E-state index contributed by atoms with van der Waals surface area (Å²) in [5, 5.41) is 4.00. The van der Waals surface area contributed by atoms with Gasteiger partial charge in [0.2, 0.25) is 5.91 Å². The van der Waals surface area contributed by atoms with Crippen molar-refractivity contribution in [3.8, 4) is 0 Å². The fraction of sp³-hybridized carbons (Fsp3) is 0.455. The van der Waals surface area contributed by atoms with Gasteiger partial charge in [0.15, 0.2) is 0 Å². The van der Waals surface area contributed by atoms with Crippen molar-refractivity contribution in [2.45, 2.75) is 39.2 Å². The molecule has 0 spiro atoms. The Morgan fingerprint density at radius 2 is 1.85 bits per heavy atom. The smallest absolute Gasteiger partial charge is 0.270 e. The van der Waals surface area contributed by atoms with Crippen LogP contribution in [0, 0.1) is 11.8 Å². The number of hydrogen-bond donors (Lipinski definition) is 2. The first-order valence-electron chi connectivity index (χ1n) is 9.84. The summed E-state index contributed by atoms with van der Waals surface area (Å²) in [7, 11) is 0. The third-order valence-electron chi connectivity index (χ3n) is 5.90. The average Bonchev–Trinajstić information content (AvgIpc) is 3.22. The Bertz CT molecular complexity index is 882. The summed E-state index contributed by atoms with van der Waals surface area (Å²) in [6.07, 6.45) is 7.28. The van der Waals surface area contributed by atoms with E-state index in [1.165, 1.54) is 6.92 Å². The number of hydrogen-bond acceptors (Lipinski definition) is 2. The van der Waals surface area contributed by atoms with E-state index in [2.05, 4.69) is 22.5 Å². The predicted octanol–water partition coefficient (Wildman–Crippen LogP) is 3.27. The first kappa shape index (κ1) is 17.8. The van der Waals surface area contributed by atoms with Gasteiger partial charge in [0, 0.05) is 37.0 Å². The lowest BCUT2D eigenvalue weighted by Gasteiger charge is -2.18. The molecule has 1 aromatic heterocycles. The lowest BCUT2D eigenvalue weighted by Crippen LogP contribution is -2.34. The zero-order valence-corrected chi connectivity index (χ0v) is 16.0. The van der Waals surface area contributed by atoms with Crippen LogP contribution in [0.15, 0.2) is 36.4 Å². The molecule has 5 heteroatoms. The van der Waals surface area contributed by atoms with Gasteiger partial charge < -0.3 is 15.2 Å². The van der Waals surface area contributed by atoms with Gasteiger partial charge in [-0.05, 0) is 49.7 Å². The van der Waals surface area contributed by atoms with E-state index in [1.807, 2.05) is 36.1 Å². The van der Waals surface area contributed by atoms with E-state index in [-0.39, 0.29) is 17.9 Å². The van der Waals surface area contributed by atoms with Crippen molar-refractivity contribution in [2.24, 2.45) is 11.8 Å². The van der Waals surface area contributed by atoms with Crippen molar-refractivity contribution in [3.63, 3.8) is 0 Å². The molecule has 1 aromatic carbocycles. The highest BCUT2D eigenvalue weighted by atomic mass is 16.2. The predicted molar refractivity (Wildman–Crippen MR) is 107 cm³/mol. The van der Waals surface area contributed by atoms with Crippen LogP contribution in [0.3, 0.4) is 0 Å². The SMILES string of the molecule is CC(=O)N[C@@H](C)Cc1c(C(=O)N2C[C@H]3CC=CC[C@H]3C2)[nH]c2ccccc12. The second-order valence-electron chi connectivity index (χ2n) is 8.00. The van der Waals surface area contributed by atoms with Crippen molar-refractivity contribution in [3.05, 3.63) is 47.7 Å². The zero-order valence-electron chi connectivity index (χ0n) is 16.0. The van der Waals surface area contributed by atoms with Crippen LogP contribution in [0.25, 0.3) is 10.9 Å². The lowest BCUT2D eigenvalue weighted by atomic mass is 9.86. The Morgan fingerprint density at radius 3 is 2.52 bits per heavy atom. The molecular weight excluding hydrogens is 338 g/mol. The molecule has 142 valence electrons. The van der Waals surface area contributed by atoms with Crippen LogP contribution >= 0.6 is 0 Å². The Hall–Kier alpha value is -2.56. The molecule has 2 aliphatic rings. The maximum absolute atomic E-state index is 13.4. The summed E-state index contributed by atoms with van der Waals surface area (Å²) in [6.45, 7) is 5.18. The number of rotatable bonds is 4.